The van der Waals surface area contributed by atoms with E-state index in [-0.39, 0.29) is 36.1 Å². The fourth-order valence-electron chi connectivity index (χ4n) is 3.57. The zero-order valence-electron chi connectivity index (χ0n) is 15.5. The Balaban J connectivity index is 1.59. The van der Waals surface area contributed by atoms with Crippen molar-refractivity contribution in [1.82, 2.24) is 10.2 Å². The van der Waals surface area contributed by atoms with E-state index in [0.29, 0.717) is 31.0 Å². The van der Waals surface area contributed by atoms with Crippen molar-refractivity contribution in [3.8, 4) is 11.5 Å². The molecular weight excluding hydrogens is 367 g/mol. The van der Waals surface area contributed by atoms with Gasteiger partial charge in [-0.3, -0.25) is 4.79 Å². The largest absolute Gasteiger partial charge is 0.507 e. The molecule has 9 nitrogen and oxygen atoms in total. The first-order valence-electron chi connectivity index (χ1n) is 9.44. The second-order valence-electron chi connectivity index (χ2n) is 7.37. The van der Waals surface area contributed by atoms with Crippen molar-refractivity contribution in [3.63, 3.8) is 0 Å². The Labute approximate surface area is 163 Å². The number of carboxylic acids is 1. The van der Waals surface area contributed by atoms with Crippen molar-refractivity contribution in [3.05, 3.63) is 23.3 Å². The molecule has 10 heteroatoms. The highest BCUT2D eigenvalue weighted by atomic mass is 16.5. The summed E-state index contributed by atoms with van der Waals surface area (Å²) in [6, 6.07) is 2.96. The summed E-state index contributed by atoms with van der Waals surface area (Å²) in [7, 11) is -1.54. The maximum Gasteiger partial charge on any atom is 0.451 e. The fraction of sp³-hybridized carbons (Fsp3) is 0.556. The van der Waals surface area contributed by atoms with Crippen molar-refractivity contribution in [1.29, 1.82) is 0 Å². The van der Waals surface area contributed by atoms with Gasteiger partial charge in [0.25, 0.3) is 0 Å². The highest BCUT2D eigenvalue weighted by Crippen LogP contribution is 2.34. The highest BCUT2D eigenvalue weighted by molar-refractivity contribution is 6.41. The molecule has 1 atom stereocenters. The second-order valence-corrected chi connectivity index (χ2v) is 7.37. The van der Waals surface area contributed by atoms with Gasteiger partial charge in [0.15, 0.2) is 0 Å². The van der Waals surface area contributed by atoms with Gasteiger partial charge in [-0.05, 0) is 49.8 Å². The van der Waals surface area contributed by atoms with Crippen molar-refractivity contribution in [2.24, 2.45) is 5.92 Å². The molecule has 0 saturated carbocycles. The summed E-state index contributed by atoms with van der Waals surface area (Å²) >= 11 is 0. The lowest BCUT2D eigenvalue weighted by Crippen LogP contribution is -2.56. The standard InChI is InChI=1S/C18H25BN2O7/c22-15(7-11-4-6-20-8-11)21-9-13(10-21)28-14-2-1-12(3-5-19(26)27)17(23)16(14)18(24)25/h1-2,11,13,20,23,26-27H,3-10H2,(H,24,25)/t11-/m0/s1. The quantitative estimate of drug-likeness (QED) is 0.380. The average molecular weight is 392 g/mol. The third-order valence-corrected chi connectivity index (χ3v) is 5.23. The lowest BCUT2D eigenvalue weighted by Gasteiger charge is -2.39. The molecule has 0 bridgehead atoms. The van der Waals surface area contributed by atoms with Crippen molar-refractivity contribution in [2.75, 3.05) is 26.2 Å². The fourth-order valence-corrected chi connectivity index (χ4v) is 3.57. The van der Waals surface area contributed by atoms with Gasteiger partial charge in [0.2, 0.25) is 5.91 Å². The predicted octanol–water partition coefficient (Wildman–Crippen LogP) is -0.305. The van der Waals surface area contributed by atoms with Gasteiger partial charge in [0, 0.05) is 6.42 Å². The molecule has 0 radical (unpaired) electrons. The number of aryl methyl sites for hydroxylation is 1. The number of nitrogens with zero attached hydrogens (tertiary/aromatic N) is 1. The van der Waals surface area contributed by atoms with Crippen molar-refractivity contribution in [2.45, 2.75) is 31.7 Å². The minimum absolute atomic E-state index is 0.0248. The van der Waals surface area contributed by atoms with Gasteiger partial charge in [-0.2, -0.15) is 0 Å². The number of aromatic carboxylic acids is 1. The van der Waals surface area contributed by atoms with E-state index in [1.165, 1.54) is 12.1 Å². The molecule has 3 rings (SSSR count). The van der Waals surface area contributed by atoms with Crippen molar-refractivity contribution < 1.29 is 34.6 Å². The molecule has 1 aromatic carbocycles. The number of nitrogens with one attached hydrogen (secondary N) is 1. The summed E-state index contributed by atoms with van der Waals surface area (Å²) in [6.45, 7) is 2.58. The molecule has 28 heavy (non-hydrogen) atoms. The summed E-state index contributed by atoms with van der Waals surface area (Å²) in [5.41, 5.74) is -0.0554. The number of likely N-dealkylation sites (tertiary alicyclic amines) is 1. The van der Waals surface area contributed by atoms with Gasteiger partial charge in [-0.25, -0.2) is 4.79 Å². The Morgan fingerprint density at radius 3 is 2.64 bits per heavy atom. The van der Waals surface area contributed by atoms with Crippen LogP contribution >= 0.6 is 0 Å². The molecule has 0 aromatic heterocycles. The topological polar surface area (TPSA) is 140 Å². The maximum atomic E-state index is 12.2. The van der Waals surface area contributed by atoms with Crippen LogP contribution in [0.25, 0.3) is 0 Å². The first-order chi connectivity index (χ1) is 13.3. The van der Waals surface area contributed by atoms with Crippen LogP contribution in [0.1, 0.15) is 28.8 Å². The summed E-state index contributed by atoms with van der Waals surface area (Å²) in [4.78, 5) is 25.5. The molecule has 0 unspecified atom stereocenters. The number of ether oxygens (including phenoxy) is 1. The monoisotopic (exact) mass is 392 g/mol. The van der Waals surface area contributed by atoms with E-state index in [1.54, 1.807) is 4.90 Å². The van der Waals surface area contributed by atoms with Crippen LogP contribution < -0.4 is 10.1 Å². The number of aromatic hydroxyl groups is 1. The Hall–Kier alpha value is -2.30. The average Bonchev–Trinajstić information content (AvgIpc) is 3.09. The summed E-state index contributed by atoms with van der Waals surface area (Å²) in [5, 5.41) is 40.8. The van der Waals surface area contributed by atoms with E-state index >= 15 is 0 Å². The molecule has 2 fully saturated rings. The Morgan fingerprint density at radius 2 is 2.04 bits per heavy atom. The van der Waals surface area contributed by atoms with Crippen molar-refractivity contribution >= 4 is 19.0 Å². The van der Waals surface area contributed by atoms with Crippen LogP contribution in [-0.4, -0.2) is 76.4 Å². The number of hydrogen-bond acceptors (Lipinski definition) is 7. The molecule has 2 aliphatic rings. The summed E-state index contributed by atoms with van der Waals surface area (Å²) in [5.74, 6) is -1.29. The lowest BCUT2D eigenvalue weighted by molar-refractivity contribution is -0.140. The van der Waals surface area contributed by atoms with E-state index in [4.69, 9.17) is 14.8 Å². The number of rotatable bonds is 8. The molecule has 1 amide bonds. The number of carbonyl (C=O) groups is 2. The number of carboxylic acid groups (broad SMARTS) is 1. The summed E-state index contributed by atoms with van der Waals surface area (Å²) < 4.78 is 5.71. The molecule has 2 saturated heterocycles. The zero-order chi connectivity index (χ0) is 20.3. The maximum absolute atomic E-state index is 12.2. The van der Waals surface area contributed by atoms with Crippen LogP contribution in [0.15, 0.2) is 12.1 Å². The molecule has 2 aliphatic heterocycles. The van der Waals surface area contributed by atoms with Crippen LogP contribution in [-0.2, 0) is 11.2 Å². The van der Waals surface area contributed by atoms with Gasteiger partial charge in [0.1, 0.15) is 23.2 Å². The zero-order valence-corrected chi connectivity index (χ0v) is 15.5. The van der Waals surface area contributed by atoms with Crippen LogP contribution in [0.5, 0.6) is 11.5 Å². The SMILES string of the molecule is O=C(O)c1c(OC2CN(C(=O)C[C@@H]3CCNC3)C2)ccc(CCB(O)O)c1O. The third kappa shape index (κ3) is 4.75. The van der Waals surface area contributed by atoms with Gasteiger partial charge < -0.3 is 35.2 Å². The molecular formula is C18H25BN2O7. The van der Waals surface area contributed by atoms with Gasteiger partial charge in [0.05, 0.1) is 13.1 Å². The number of amides is 1. The van der Waals surface area contributed by atoms with E-state index in [2.05, 4.69) is 5.32 Å². The van der Waals surface area contributed by atoms with Gasteiger partial charge in [-0.1, -0.05) is 6.07 Å². The smallest absolute Gasteiger partial charge is 0.451 e. The molecule has 152 valence electrons. The van der Waals surface area contributed by atoms with Gasteiger partial charge in [-0.15, -0.1) is 0 Å². The van der Waals surface area contributed by atoms with Crippen LogP contribution in [0.4, 0.5) is 0 Å². The van der Waals surface area contributed by atoms with Crippen LogP contribution in [0.2, 0.25) is 6.32 Å². The first kappa shape index (κ1) is 20.4. The number of benzene rings is 1. The minimum atomic E-state index is -1.54. The first-order valence-corrected chi connectivity index (χ1v) is 9.44. The van der Waals surface area contributed by atoms with E-state index < -0.39 is 18.8 Å². The normalized spacial score (nSPS) is 19.4. The van der Waals surface area contributed by atoms with Crippen LogP contribution in [0.3, 0.4) is 0 Å². The van der Waals surface area contributed by atoms with E-state index in [1.807, 2.05) is 0 Å². The predicted molar refractivity (Wildman–Crippen MR) is 100 cm³/mol. The Bertz CT molecular complexity index is 731. The Kier molecular flexibility index (Phi) is 6.43. The van der Waals surface area contributed by atoms with E-state index in [9.17, 15) is 19.8 Å². The number of carbonyl (C=O) groups excluding carboxylic acids is 1. The Morgan fingerprint density at radius 1 is 1.29 bits per heavy atom. The van der Waals surface area contributed by atoms with Gasteiger partial charge >= 0.3 is 13.1 Å². The third-order valence-electron chi connectivity index (χ3n) is 5.23. The molecule has 5 N–H and O–H groups in total. The number of hydrogen-bond donors (Lipinski definition) is 5. The number of phenols is 1. The molecule has 0 aliphatic carbocycles. The highest BCUT2D eigenvalue weighted by Gasteiger charge is 2.34. The van der Waals surface area contributed by atoms with E-state index in [0.717, 1.165) is 19.5 Å². The molecule has 2 heterocycles. The second kappa shape index (κ2) is 8.81. The molecule has 1 aromatic rings. The minimum Gasteiger partial charge on any atom is -0.507 e. The lowest BCUT2D eigenvalue weighted by atomic mass is 9.82. The molecule has 0 spiro atoms. The summed E-state index contributed by atoms with van der Waals surface area (Å²) in [6.07, 6.45) is 1.27. The van der Waals surface area contributed by atoms with Crippen LogP contribution in [0, 0.1) is 5.92 Å².